The van der Waals surface area contributed by atoms with Crippen molar-refractivity contribution in [2.45, 2.75) is 20.8 Å². The number of hydrogen-bond acceptors (Lipinski definition) is 3. The van der Waals surface area contributed by atoms with Gasteiger partial charge < -0.3 is 5.32 Å². The number of rotatable bonds is 1. The van der Waals surface area contributed by atoms with Crippen LogP contribution < -0.4 is 5.32 Å². The normalized spacial score (nSPS) is 17.2. The Labute approximate surface area is 78.9 Å². The van der Waals surface area contributed by atoms with Gasteiger partial charge in [0, 0.05) is 6.54 Å². The summed E-state index contributed by atoms with van der Waals surface area (Å²) in [5.41, 5.74) is 0.234. The zero-order chi connectivity index (χ0) is 9.90. The Hall–Kier alpha value is -1.12. The number of carbonyl (C=O) groups is 1. The molecule has 1 heterocycles. The first-order valence-corrected chi connectivity index (χ1v) is 4.47. The van der Waals surface area contributed by atoms with Crippen molar-refractivity contribution in [1.29, 1.82) is 0 Å². The second kappa shape index (κ2) is 3.73. The number of hydrogen-bond donors (Lipinski definition) is 1. The number of nitrogens with one attached hydrogen (secondary N) is 1. The van der Waals surface area contributed by atoms with E-state index in [-0.39, 0.29) is 17.7 Å². The lowest BCUT2D eigenvalue weighted by atomic mass is 9.97. The van der Waals surface area contributed by atoms with E-state index < -0.39 is 0 Å². The monoisotopic (exact) mass is 180 g/mol. The number of dihydropyridines is 1. The third-order valence-electron chi connectivity index (χ3n) is 1.63. The Morgan fingerprint density at radius 2 is 2.15 bits per heavy atom. The van der Waals surface area contributed by atoms with Crippen molar-refractivity contribution in [2.75, 3.05) is 13.1 Å². The molecule has 0 amide bonds. The summed E-state index contributed by atoms with van der Waals surface area (Å²) in [6.45, 7) is 7.60. The van der Waals surface area contributed by atoms with Crippen LogP contribution in [0.15, 0.2) is 17.1 Å². The molecule has 72 valence electrons. The van der Waals surface area contributed by atoms with Crippen LogP contribution in [0.1, 0.15) is 20.8 Å². The van der Waals surface area contributed by atoms with Crippen molar-refractivity contribution in [3.05, 3.63) is 12.2 Å². The van der Waals surface area contributed by atoms with E-state index in [1.165, 1.54) is 0 Å². The van der Waals surface area contributed by atoms with Gasteiger partial charge in [0.2, 0.25) is 0 Å². The van der Waals surface area contributed by atoms with Gasteiger partial charge in [-0.1, -0.05) is 20.8 Å². The summed E-state index contributed by atoms with van der Waals surface area (Å²) in [5.74, 6) is 0.885. The lowest BCUT2D eigenvalue weighted by Gasteiger charge is -2.20. The Morgan fingerprint density at radius 1 is 1.46 bits per heavy atom. The third-order valence-corrected chi connectivity index (χ3v) is 1.63. The molecule has 3 heteroatoms. The van der Waals surface area contributed by atoms with Gasteiger partial charge in [0.15, 0.2) is 5.78 Å². The highest BCUT2D eigenvalue weighted by atomic mass is 16.1. The van der Waals surface area contributed by atoms with E-state index in [1.807, 2.05) is 0 Å². The highest BCUT2D eigenvalue weighted by molar-refractivity contribution is 6.05. The minimum atomic E-state index is 0.0707. The fourth-order valence-corrected chi connectivity index (χ4v) is 0.911. The quantitative estimate of drug-likeness (QED) is 0.658. The minimum Gasteiger partial charge on any atom is -0.370 e. The molecule has 0 unspecified atom stereocenters. The molecule has 0 spiro atoms. The molecule has 1 rings (SSSR count). The molecule has 0 fully saturated rings. The van der Waals surface area contributed by atoms with Crippen LogP contribution in [0.3, 0.4) is 0 Å². The molecule has 1 N–H and O–H groups in total. The molecule has 1 aliphatic heterocycles. The van der Waals surface area contributed by atoms with E-state index in [2.05, 4.69) is 31.1 Å². The molecule has 13 heavy (non-hydrogen) atoms. The second-order valence-corrected chi connectivity index (χ2v) is 4.42. The average molecular weight is 180 g/mol. The Kier molecular flexibility index (Phi) is 2.86. The van der Waals surface area contributed by atoms with Gasteiger partial charge in [-0.3, -0.25) is 9.79 Å². The Morgan fingerprint density at radius 3 is 2.62 bits per heavy atom. The number of aliphatic imine (C=N–C) groups is 1. The topological polar surface area (TPSA) is 41.5 Å². The van der Waals surface area contributed by atoms with E-state index >= 15 is 0 Å². The van der Waals surface area contributed by atoms with Crippen LogP contribution in [0.5, 0.6) is 0 Å². The van der Waals surface area contributed by atoms with Crippen LogP contribution in [0, 0.1) is 5.41 Å². The largest absolute Gasteiger partial charge is 0.370 e. The summed E-state index contributed by atoms with van der Waals surface area (Å²) in [4.78, 5) is 14.9. The summed E-state index contributed by atoms with van der Waals surface area (Å²) in [5, 5.41) is 3.19. The lowest BCUT2D eigenvalue weighted by Crippen LogP contribution is -2.32. The van der Waals surface area contributed by atoms with Crippen molar-refractivity contribution in [3.63, 3.8) is 0 Å². The summed E-state index contributed by atoms with van der Waals surface area (Å²) in [7, 11) is 0. The molecule has 0 bridgehead atoms. The molecule has 0 radical (unpaired) electrons. The molecule has 0 aromatic heterocycles. The lowest BCUT2D eigenvalue weighted by molar-refractivity contribution is -0.113. The van der Waals surface area contributed by atoms with Crippen LogP contribution in [-0.2, 0) is 4.79 Å². The molecule has 0 saturated carbocycles. The predicted octanol–water partition coefficient (Wildman–Crippen LogP) is 1.16. The zero-order valence-corrected chi connectivity index (χ0v) is 8.42. The molecule has 0 aromatic rings. The van der Waals surface area contributed by atoms with E-state index in [1.54, 1.807) is 12.2 Å². The smallest absolute Gasteiger partial charge is 0.177 e. The summed E-state index contributed by atoms with van der Waals surface area (Å²) in [6, 6.07) is 0. The van der Waals surface area contributed by atoms with Crippen molar-refractivity contribution in [3.8, 4) is 0 Å². The van der Waals surface area contributed by atoms with Gasteiger partial charge >= 0.3 is 0 Å². The van der Waals surface area contributed by atoms with Crippen molar-refractivity contribution in [1.82, 2.24) is 5.32 Å². The summed E-state index contributed by atoms with van der Waals surface area (Å²) in [6.07, 6.45) is 3.30. The van der Waals surface area contributed by atoms with Gasteiger partial charge in [-0.2, -0.15) is 0 Å². The third kappa shape index (κ3) is 3.87. The van der Waals surface area contributed by atoms with Crippen LogP contribution >= 0.6 is 0 Å². The number of nitrogens with zero attached hydrogens (tertiary/aromatic N) is 1. The van der Waals surface area contributed by atoms with Crippen LogP contribution in [0.2, 0.25) is 0 Å². The van der Waals surface area contributed by atoms with Gasteiger partial charge in [0.25, 0.3) is 0 Å². The molecular formula is C10H16N2O. The zero-order valence-electron chi connectivity index (χ0n) is 8.42. The van der Waals surface area contributed by atoms with E-state index in [0.717, 1.165) is 12.4 Å². The molecule has 0 aromatic carbocycles. The maximum absolute atomic E-state index is 10.8. The SMILES string of the molecule is CC(C)(C)CNC1=NCC(=O)C=C1. The molecule has 3 nitrogen and oxygen atoms in total. The standard InChI is InChI=1S/C10H16N2O/c1-10(2,3)7-12-9-5-4-8(13)6-11-9/h4-5H,6-7H2,1-3H3,(H,11,12). The number of carbonyl (C=O) groups excluding carboxylic acids is 1. The predicted molar refractivity (Wildman–Crippen MR) is 53.9 cm³/mol. The Bertz CT molecular complexity index is 259. The van der Waals surface area contributed by atoms with Crippen molar-refractivity contribution in [2.24, 2.45) is 10.4 Å². The van der Waals surface area contributed by atoms with E-state index in [0.29, 0.717) is 0 Å². The first kappa shape index (κ1) is 9.96. The molecule has 0 aliphatic carbocycles. The summed E-state index contributed by atoms with van der Waals surface area (Å²) < 4.78 is 0. The van der Waals surface area contributed by atoms with E-state index in [9.17, 15) is 4.79 Å². The van der Waals surface area contributed by atoms with Crippen LogP contribution in [-0.4, -0.2) is 24.7 Å². The van der Waals surface area contributed by atoms with E-state index in [4.69, 9.17) is 0 Å². The maximum Gasteiger partial charge on any atom is 0.177 e. The highest BCUT2D eigenvalue weighted by Crippen LogP contribution is 2.10. The first-order chi connectivity index (χ1) is 5.97. The minimum absolute atomic E-state index is 0.0707. The van der Waals surface area contributed by atoms with Gasteiger partial charge in [0.1, 0.15) is 12.4 Å². The van der Waals surface area contributed by atoms with Gasteiger partial charge in [0.05, 0.1) is 0 Å². The summed E-state index contributed by atoms with van der Waals surface area (Å²) >= 11 is 0. The molecule has 0 saturated heterocycles. The van der Waals surface area contributed by atoms with Crippen molar-refractivity contribution >= 4 is 11.6 Å². The fourth-order valence-electron chi connectivity index (χ4n) is 0.911. The average Bonchev–Trinajstić information content (AvgIpc) is 2.02. The van der Waals surface area contributed by atoms with Gasteiger partial charge in [-0.25, -0.2) is 0 Å². The van der Waals surface area contributed by atoms with Crippen LogP contribution in [0.4, 0.5) is 0 Å². The second-order valence-electron chi connectivity index (χ2n) is 4.42. The highest BCUT2D eigenvalue weighted by Gasteiger charge is 2.11. The van der Waals surface area contributed by atoms with Crippen LogP contribution in [0.25, 0.3) is 0 Å². The first-order valence-electron chi connectivity index (χ1n) is 4.47. The van der Waals surface area contributed by atoms with Crippen molar-refractivity contribution < 1.29 is 4.79 Å². The van der Waals surface area contributed by atoms with Gasteiger partial charge in [-0.05, 0) is 17.6 Å². The maximum atomic E-state index is 10.8. The Balaban J connectivity index is 2.40. The molecule has 0 atom stereocenters. The fraction of sp³-hybridized carbons (Fsp3) is 0.600. The molecule has 1 aliphatic rings. The number of ketones is 1. The van der Waals surface area contributed by atoms with Gasteiger partial charge in [-0.15, -0.1) is 0 Å². The molecular weight excluding hydrogens is 164 g/mol. The number of amidine groups is 1.